The van der Waals surface area contributed by atoms with Crippen LogP contribution in [0.1, 0.15) is 29.5 Å². The number of anilines is 1. The Morgan fingerprint density at radius 3 is 2.56 bits per heavy atom. The van der Waals surface area contributed by atoms with E-state index in [2.05, 4.69) is 15.5 Å². The number of aryl methyl sites for hydroxylation is 1. The van der Waals surface area contributed by atoms with Crippen molar-refractivity contribution in [2.45, 2.75) is 24.9 Å². The number of hydrogen-bond acceptors (Lipinski definition) is 6. The third kappa shape index (κ3) is 6.72. The summed E-state index contributed by atoms with van der Waals surface area (Å²) >= 11 is 13.3. The second-order valence-electron chi connectivity index (χ2n) is 6.95. The van der Waals surface area contributed by atoms with E-state index in [1.165, 1.54) is 18.7 Å². The second kappa shape index (κ2) is 11.4. The molecule has 0 saturated heterocycles. The van der Waals surface area contributed by atoms with Crippen molar-refractivity contribution in [3.8, 4) is 5.75 Å². The zero-order chi connectivity index (χ0) is 23.1. The van der Waals surface area contributed by atoms with Crippen LogP contribution < -0.4 is 10.1 Å². The van der Waals surface area contributed by atoms with Gasteiger partial charge in [-0.25, -0.2) is 0 Å². The SMILES string of the molecule is CC(=O)c1ccc(NC(=O)CSc2nnc(CCCOc3ccc(Cl)cc3Cl)n2C)cc1. The summed E-state index contributed by atoms with van der Waals surface area (Å²) in [5.74, 6) is 1.41. The van der Waals surface area contributed by atoms with Crippen molar-refractivity contribution in [3.05, 3.63) is 63.9 Å². The normalized spacial score (nSPS) is 10.8. The molecule has 0 spiro atoms. The Morgan fingerprint density at radius 2 is 1.88 bits per heavy atom. The quantitative estimate of drug-likeness (QED) is 0.241. The molecule has 1 amide bonds. The Kier molecular flexibility index (Phi) is 8.55. The van der Waals surface area contributed by atoms with Crippen LogP contribution in [0.2, 0.25) is 10.0 Å². The summed E-state index contributed by atoms with van der Waals surface area (Å²) in [4.78, 5) is 23.5. The third-order valence-electron chi connectivity index (χ3n) is 4.53. The molecule has 0 saturated carbocycles. The maximum absolute atomic E-state index is 12.2. The molecule has 0 bridgehead atoms. The largest absolute Gasteiger partial charge is 0.492 e. The van der Waals surface area contributed by atoms with Gasteiger partial charge < -0.3 is 14.6 Å². The summed E-state index contributed by atoms with van der Waals surface area (Å²) in [6.07, 6.45) is 1.40. The van der Waals surface area contributed by atoms with Gasteiger partial charge in [0.1, 0.15) is 11.6 Å². The lowest BCUT2D eigenvalue weighted by molar-refractivity contribution is -0.113. The average Bonchev–Trinajstić information content (AvgIpc) is 3.11. The first-order valence-electron chi connectivity index (χ1n) is 9.83. The van der Waals surface area contributed by atoms with Crippen molar-refractivity contribution in [3.63, 3.8) is 0 Å². The molecule has 1 aromatic heterocycles. The van der Waals surface area contributed by atoms with Crippen molar-refractivity contribution in [2.24, 2.45) is 7.05 Å². The van der Waals surface area contributed by atoms with E-state index in [4.69, 9.17) is 27.9 Å². The summed E-state index contributed by atoms with van der Waals surface area (Å²) in [6.45, 7) is 1.98. The standard InChI is InChI=1S/C22H22Cl2N4O3S/c1-14(29)15-5-8-17(9-6-15)25-21(30)13-32-22-27-26-20(28(22)2)4-3-11-31-19-10-7-16(23)12-18(19)24/h5-10,12H,3-4,11,13H2,1-2H3,(H,25,30). The molecule has 3 rings (SSSR count). The number of ketones is 1. The molecule has 0 unspecified atom stereocenters. The van der Waals surface area contributed by atoms with E-state index in [-0.39, 0.29) is 17.4 Å². The summed E-state index contributed by atoms with van der Waals surface area (Å²) in [6, 6.07) is 11.9. The zero-order valence-electron chi connectivity index (χ0n) is 17.6. The van der Waals surface area contributed by atoms with E-state index < -0.39 is 0 Å². The van der Waals surface area contributed by atoms with Crippen LogP contribution in [0.5, 0.6) is 5.75 Å². The van der Waals surface area contributed by atoms with E-state index >= 15 is 0 Å². The fourth-order valence-electron chi connectivity index (χ4n) is 2.81. The lowest BCUT2D eigenvalue weighted by Gasteiger charge is -2.08. The molecule has 168 valence electrons. The molecule has 0 aliphatic carbocycles. The van der Waals surface area contributed by atoms with Crippen molar-refractivity contribution < 1.29 is 14.3 Å². The number of carbonyl (C=O) groups excluding carboxylic acids is 2. The highest BCUT2D eigenvalue weighted by Gasteiger charge is 2.12. The number of nitrogens with one attached hydrogen (secondary N) is 1. The molecular formula is C22H22Cl2N4O3S. The zero-order valence-corrected chi connectivity index (χ0v) is 19.9. The van der Waals surface area contributed by atoms with Crippen LogP contribution in [-0.2, 0) is 18.3 Å². The summed E-state index contributed by atoms with van der Waals surface area (Å²) < 4.78 is 7.56. The van der Waals surface area contributed by atoms with Gasteiger partial charge in [-0.3, -0.25) is 9.59 Å². The molecule has 0 atom stereocenters. The Bertz CT molecular complexity index is 1100. The number of Topliss-reactive ketones (excluding diaryl/α,β-unsaturated/α-hetero) is 1. The number of ether oxygens (including phenoxy) is 1. The highest BCUT2D eigenvalue weighted by molar-refractivity contribution is 7.99. The monoisotopic (exact) mass is 492 g/mol. The molecule has 2 aromatic carbocycles. The van der Waals surface area contributed by atoms with Crippen LogP contribution in [0.25, 0.3) is 0 Å². The summed E-state index contributed by atoms with van der Waals surface area (Å²) in [7, 11) is 1.87. The van der Waals surface area contributed by atoms with Gasteiger partial charge in [0.25, 0.3) is 0 Å². The van der Waals surface area contributed by atoms with Crippen LogP contribution in [0, 0.1) is 0 Å². The van der Waals surface area contributed by atoms with Gasteiger partial charge in [-0.1, -0.05) is 35.0 Å². The highest BCUT2D eigenvalue weighted by Crippen LogP contribution is 2.27. The number of carbonyl (C=O) groups is 2. The van der Waals surface area contributed by atoms with E-state index in [1.807, 2.05) is 11.6 Å². The van der Waals surface area contributed by atoms with Gasteiger partial charge in [-0.2, -0.15) is 0 Å². The topological polar surface area (TPSA) is 86.1 Å². The van der Waals surface area contributed by atoms with Crippen LogP contribution in [0.3, 0.4) is 0 Å². The van der Waals surface area contributed by atoms with Gasteiger partial charge in [0.15, 0.2) is 10.9 Å². The fraction of sp³-hybridized carbons (Fsp3) is 0.273. The number of rotatable bonds is 10. The minimum absolute atomic E-state index is 0.0168. The molecule has 10 heteroatoms. The molecule has 32 heavy (non-hydrogen) atoms. The van der Waals surface area contributed by atoms with E-state index in [0.717, 1.165) is 12.2 Å². The lowest BCUT2D eigenvalue weighted by atomic mass is 10.1. The Hall–Kier alpha value is -2.55. The number of amides is 1. The molecule has 3 aromatic rings. The molecule has 7 nitrogen and oxygen atoms in total. The number of benzene rings is 2. The van der Waals surface area contributed by atoms with Crippen LogP contribution in [0.15, 0.2) is 47.6 Å². The summed E-state index contributed by atoms with van der Waals surface area (Å²) in [5, 5.41) is 12.9. The molecular weight excluding hydrogens is 471 g/mol. The second-order valence-corrected chi connectivity index (χ2v) is 8.74. The van der Waals surface area contributed by atoms with Gasteiger partial charge >= 0.3 is 0 Å². The Labute approximate surface area is 200 Å². The average molecular weight is 493 g/mol. The minimum Gasteiger partial charge on any atom is -0.492 e. The lowest BCUT2D eigenvalue weighted by Crippen LogP contribution is -2.14. The van der Waals surface area contributed by atoms with E-state index in [9.17, 15) is 9.59 Å². The summed E-state index contributed by atoms with van der Waals surface area (Å²) in [5.41, 5.74) is 1.24. The van der Waals surface area contributed by atoms with Crippen LogP contribution >= 0.6 is 35.0 Å². The van der Waals surface area contributed by atoms with Crippen LogP contribution in [-0.4, -0.2) is 38.8 Å². The molecule has 0 aliphatic rings. The molecule has 0 aliphatic heterocycles. The molecule has 1 heterocycles. The number of halogens is 2. The van der Waals surface area contributed by atoms with E-state index in [0.29, 0.717) is 45.2 Å². The van der Waals surface area contributed by atoms with Gasteiger partial charge in [-0.15, -0.1) is 10.2 Å². The van der Waals surface area contributed by atoms with Crippen molar-refractivity contribution in [2.75, 3.05) is 17.7 Å². The predicted octanol–water partition coefficient (Wildman–Crippen LogP) is 5.07. The molecule has 0 radical (unpaired) electrons. The predicted molar refractivity (Wildman–Crippen MR) is 127 cm³/mol. The smallest absolute Gasteiger partial charge is 0.234 e. The third-order valence-corrected chi connectivity index (χ3v) is 6.08. The first-order chi connectivity index (χ1) is 15.3. The Morgan fingerprint density at radius 1 is 1.12 bits per heavy atom. The van der Waals surface area contributed by atoms with Gasteiger partial charge in [0.05, 0.1) is 17.4 Å². The van der Waals surface area contributed by atoms with Crippen molar-refractivity contribution in [1.29, 1.82) is 0 Å². The highest BCUT2D eigenvalue weighted by atomic mass is 35.5. The van der Waals surface area contributed by atoms with Gasteiger partial charge in [0, 0.05) is 29.7 Å². The molecule has 1 N–H and O–H groups in total. The van der Waals surface area contributed by atoms with Crippen molar-refractivity contribution in [1.82, 2.24) is 14.8 Å². The first-order valence-corrected chi connectivity index (χ1v) is 11.6. The molecule has 0 fully saturated rings. The minimum atomic E-state index is -0.164. The Balaban J connectivity index is 1.43. The van der Waals surface area contributed by atoms with Crippen LogP contribution in [0.4, 0.5) is 5.69 Å². The number of thioether (sulfide) groups is 1. The fourth-order valence-corrected chi connectivity index (χ4v) is 4.00. The van der Waals surface area contributed by atoms with Gasteiger partial charge in [0.2, 0.25) is 5.91 Å². The van der Waals surface area contributed by atoms with Gasteiger partial charge in [-0.05, 0) is 55.8 Å². The number of nitrogens with zero attached hydrogens (tertiary/aromatic N) is 3. The number of hydrogen-bond donors (Lipinski definition) is 1. The number of aromatic nitrogens is 3. The maximum atomic E-state index is 12.2. The maximum Gasteiger partial charge on any atom is 0.234 e. The van der Waals surface area contributed by atoms with E-state index in [1.54, 1.807) is 42.5 Å². The van der Waals surface area contributed by atoms with Crippen molar-refractivity contribution >= 4 is 52.3 Å². The first kappa shape index (κ1) is 24.1.